The zero-order chi connectivity index (χ0) is 32.6. The second kappa shape index (κ2) is 12.4. The third kappa shape index (κ3) is 6.28. The van der Waals surface area contributed by atoms with Gasteiger partial charge in [-0.15, -0.1) is 0 Å². The number of ether oxygens (including phenoxy) is 2. The fraction of sp³-hybridized carbons (Fsp3) is 0.423. The maximum absolute atomic E-state index is 15.5. The first-order valence-electron chi connectivity index (χ1n) is 12.9. The van der Waals surface area contributed by atoms with Gasteiger partial charge in [0.05, 0.1) is 18.9 Å². The monoisotopic (exact) mass is 651 g/mol. The number of rotatable bonds is 11. The zero-order valence-corrected chi connectivity index (χ0v) is 24.1. The number of carbonyl (C=O) groups is 1. The number of nitrogens with zero attached hydrogens (tertiary/aromatic N) is 1. The Morgan fingerprint density at radius 2 is 1.82 bits per heavy atom. The second-order valence-electron chi connectivity index (χ2n) is 10.1. The molecule has 0 saturated carbocycles. The molecule has 12 nitrogen and oxygen atoms in total. The van der Waals surface area contributed by atoms with Crippen LogP contribution in [0.5, 0.6) is 5.75 Å². The third-order valence-corrected chi connectivity index (χ3v) is 8.17. The number of hydrogen-bond donors (Lipinski definition) is 3. The maximum Gasteiger partial charge on any atom is 0.459 e. The highest BCUT2D eigenvalue weighted by Gasteiger charge is 2.74. The van der Waals surface area contributed by atoms with Crippen LogP contribution in [-0.4, -0.2) is 63.4 Å². The Bertz CT molecular complexity index is 1700. The quantitative estimate of drug-likeness (QED) is 0.159. The summed E-state index contributed by atoms with van der Waals surface area (Å²) in [6.45, 7) is 2.24. The van der Waals surface area contributed by atoms with Gasteiger partial charge in [0.25, 0.3) is 12.0 Å². The number of alkyl halides is 4. The van der Waals surface area contributed by atoms with E-state index < -0.39 is 79.8 Å². The van der Waals surface area contributed by atoms with Gasteiger partial charge in [-0.3, -0.25) is 23.7 Å². The van der Waals surface area contributed by atoms with Crippen LogP contribution >= 0.6 is 7.75 Å². The largest absolute Gasteiger partial charge is 0.462 e. The number of halogens is 5. The molecule has 2 heterocycles. The van der Waals surface area contributed by atoms with Crippen molar-refractivity contribution in [2.45, 2.75) is 63.2 Å². The number of benzene rings is 2. The van der Waals surface area contributed by atoms with Gasteiger partial charge in [-0.2, -0.15) is 18.3 Å². The van der Waals surface area contributed by atoms with Crippen molar-refractivity contribution in [2.75, 3.05) is 6.61 Å². The Balaban J connectivity index is 1.73. The minimum atomic E-state index is -5.08. The SMILES string of the molecule is CC(C)OC(=O)C(C)NP(=O)(OCC1(C(F)F)OC(n2cc(F)c(=O)[nH]c2=O)C(O)C1(F)F)Oc1cccc2ccccc12. The van der Waals surface area contributed by atoms with Crippen molar-refractivity contribution >= 4 is 24.5 Å². The van der Waals surface area contributed by atoms with Crippen LogP contribution in [0.15, 0.2) is 58.3 Å². The molecule has 18 heteroatoms. The van der Waals surface area contributed by atoms with Gasteiger partial charge in [-0.1, -0.05) is 36.4 Å². The molecular weight excluding hydrogens is 624 g/mol. The number of aliphatic hydroxyl groups excluding tert-OH is 1. The van der Waals surface area contributed by atoms with E-state index in [1.54, 1.807) is 30.3 Å². The summed E-state index contributed by atoms with van der Waals surface area (Å²) in [5.41, 5.74) is -7.22. The molecule has 0 radical (unpaired) electrons. The molecule has 0 spiro atoms. The zero-order valence-electron chi connectivity index (χ0n) is 23.2. The van der Waals surface area contributed by atoms with Gasteiger partial charge < -0.3 is 19.1 Å². The lowest BCUT2D eigenvalue weighted by atomic mass is 9.95. The highest BCUT2D eigenvalue weighted by molar-refractivity contribution is 7.52. The summed E-state index contributed by atoms with van der Waals surface area (Å²) in [6, 6.07) is 9.44. The predicted octanol–water partition coefficient (Wildman–Crippen LogP) is 3.49. The predicted molar refractivity (Wildman–Crippen MR) is 143 cm³/mol. The molecule has 1 aliphatic heterocycles. The summed E-state index contributed by atoms with van der Waals surface area (Å²) in [4.78, 5) is 37.4. The van der Waals surface area contributed by atoms with Gasteiger partial charge in [0, 0.05) is 5.39 Å². The molecule has 3 aromatic rings. The van der Waals surface area contributed by atoms with Crippen molar-refractivity contribution in [3.63, 3.8) is 0 Å². The van der Waals surface area contributed by atoms with Crippen molar-refractivity contribution in [3.05, 3.63) is 75.3 Å². The van der Waals surface area contributed by atoms with Gasteiger partial charge in [-0.25, -0.2) is 18.1 Å². The average Bonchev–Trinajstić information content (AvgIpc) is 3.15. The number of aromatic nitrogens is 2. The smallest absolute Gasteiger partial charge is 0.459 e. The first-order chi connectivity index (χ1) is 20.5. The molecule has 0 bridgehead atoms. The van der Waals surface area contributed by atoms with Gasteiger partial charge in [-0.05, 0) is 32.2 Å². The van der Waals surface area contributed by atoms with Gasteiger partial charge in [0.15, 0.2) is 12.3 Å². The molecule has 44 heavy (non-hydrogen) atoms. The van der Waals surface area contributed by atoms with Crippen molar-refractivity contribution in [2.24, 2.45) is 0 Å². The number of hydrogen-bond acceptors (Lipinski definition) is 9. The van der Waals surface area contributed by atoms with Crippen molar-refractivity contribution in [1.29, 1.82) is 0 Å². The fourth-order valence-electron chi connectivity index (χ4n) is 4.34. The van der Waals surface area contributed by atoms with Crippen LogP contribution in [0.1, 0.15) is 27.0 Å². The lowest BCUT2D eigenvalue weighted by Crippen LogP contribution is -2.57. The minimum absolute atomic E-state index is 0.0477. The minimum Gasteiger partial charge on any atom is -0.462 e. The van der Waals surface area contributed by atoms with E-state index in [4.69, 9.17) is 18.5 Å². The first kappa shape index (κ1) is 33.3. The summed E-state index contributed by atoms with van der Waals surface area (Å²) in [5.74, 6) is -7.74. The van der Waals surface area contributed by atoms with Crippen molar-refractivity contribution in [1.82, 2.24) is 14.6 Å². The lowest BCUT2D eigenvalue weighted by Gasteiger charge is -2.34. The summed E-state index contributed by atoms with van der Waals surface area (Å²) in [5, 5.41) is 13.4. The molecule has 5 atom stereocenters. The van der Waals surface area contributed by atoms with E-state index in [0.29, 0.717) is 10.8 Å². The molecule has 4 rings (SSSR count). The van der Waals surface area contributed by atoms with E-state index >= 15 is 8.78 Å². The molecule has 240 valence electrons. The van der Waals surface area contributed by atoms with E-state index in [0.717, 1.165) is 6.92 Å². The Kier molecular flexibility index (Phi) is 9.38. The van der Waals surface area contributed by atoms with Crippen LogP contribution in [-0.2, 0) is 23.4 Å². The molecule has 2 aromatic carbocycles. The van der Waals surface area contributed by atoms with Gasteiger partial charge >= 0.3 is 25.3 Å². The average molecular weight is 651 g/mol. The summed E-state index contributed by atoms with van der Waals surface area (Å²) < 4.78 is 108. The Hall–Kier alpha value is -3.63. The molecule has 0 amide bonds. The molecular formula is C26H27F5N3O9P. The molecule has 1 aromatic heterocycles. The number of carbonyl (C=O) groups excluding carboxylic acids is 1. The number of aliphatic hydroxyl groups is 1. The standard InChI is InChI=1S/C26H27F5N3O9P/c1-13(2)41-22(37)14(3)33-44(39,43-18-10-6-8-15-7-4-5-9-16(15)18)40-12-25(23(28)29)26(30,31)19(35)21(42-25)34-11-17(27)20(36)32-24(34)38/h4-11,13-14,19,21,23,35H,12H2,1-3H3,(H,33,39)(H,32,36,38). The molecule has 0 aliphatic carbocycles. The molecule has 1 fully saturated rings. The first-order valence-corrected chi connectivity index (χ1v) is 14.5. The summed E-state index contributed by atoms with van der Waals surface area (Å²) in [6.07, 6.45) is -10.6. The summed E-state index contributed by atoms with van der Waals surface area (Å²) >= 11 is 0. The van der Waals surface area contributed by atoms with E-state index in [2.05, 4.69) is 5.09 Å². The Morgan fingerprint density at radius 3 is 2.48 bits per heavy atom. The van der Waals surface area contributed by atoms with Crippen LogP contribution < -0.4 is 20.9 Å². The topological polar surface area (TPSA) is 158 Å². The molecule has 1 saturated heterocycles. The van der Waals surface area contributed by atoms with Crippen molar-refractivity contribution in [3.8, 4) is 5.75 Å². The van der Waals surface area contributed by atoms with Crippen LogP contribution in [0.4, 0.5) is 22.0 Å². The van der Waals surface area contributed by atoms with Crippen LogP contribution in [0, 0.1) is 5.82 Å². The number of esters is 1. The maximum atomic E-state index is 15.5. The normalized spacial score (nSPS) is 23.5. The second-order valence-corrected chi connectivity index (χ2v) is 11.8. The highest BCUT2D eigenvalue weighted by atomic mass is 31.2. The Labute approximate surface area is 245 Å². The summed E-state index contributed by atoms with van der Waals surface area (Å²) in [7, 11) is -5.08. The highest BCUT2D eigenvalue weighted by Crippen LogP contribution is 2.54. The number of nitrogens with one attached hydrogen (secondary N) is 2. The Morgan fingerprint density at radius 1 is 1.16 bits per heavy atom. The number of fused-ring (bicyclic) bond motifs is 1. The van der Waals surface area contributed by atoms with E-state index in [1.165, 1.54) is 31.0 Å². The van der Waals surface area contributed by atoms with E-state index in [9.17, 15) is 37.2 Å². The lowest BCUT2D eigenvalue weighted by molar-refractivity contribution is -0.242. The molecule has 1 aliphatic rings. The van der Waals surface area contributed by atoms with Crippen molar-refractivity contribution < 1.29 is 54.9 Å². The fourth-order valence-corrected chi connectivity index (χ4v) is 5.88. The van der Waals surface area contributed by atoms with E-state index in [1.807, 2.05) is 0 Å². The van der Waals surface area contributed by atoms with Crippen LogP contribution in [0.25, 0.3) is 10.8 Å². The molecule has 5 unspecified atom stereocenters. The van der Waals surface area contributed by atoms with Crippen LogP contribution in [0.2, 0.25) is 0 Å². The number of H-pyrrole nitrogens is 1. The van der Waals surface area contributed by atoms with Gasteiger partial charge in [0.1, 0.15) is 11.8 Å². The third-order valence-electron chi connectivity index (χ3n) is 6.56. The van der Waals surface area contributed by atoms with Crippen LogP contribution in [0.3, 0.4) is 0 Å². The van der Waals surface area contributed by atoms with E-state index in [-0.39, 0.29) is 16.5 Å². The molecule has 3 N–H and O–H groups in total. The number of aromatic amines is 1. The van der Waals surface area contributed by atoms with Gasteiger partial charge in [0.2, 0.25) is 11.4 Å².